The largest absolute Gasteiger partial charge is 0.486 e. The molecule has 5 rings (SSSR count). The van der Waals surface area contributed by atoms with E-state index in [1.165, 1.54) is 10.5 Å². The SMILES string of the molecule is O=C1S/C(=C/c2cc(Cl)c(OCc3cccc4ccccc34)c(Br)c2)C(=O)N1CCCc1ccccc1. The summed E-state index contributed by atoms with van der Waals surface area (Å²) in [6.07, 6.45) is 3.23. The smallest absolute Gasteiger partial charge is 0.293 e. The molecule has 0 bridgehead atoms. The molecule has 0 unspecified atom stereocenters. The van der Waals surface area contributed by atoms with Crippen LogP contribution in [0.4, 0.5) is 4.79 Å². The van der Waals surface area contributed by atoms with E-state index in [1.807, 2.05) is 60.7 Å². The van der Waals surface area contributed by atoms with Crippen LogP contribution in [-0.4, -0.2) is 22.6 Å². The second-order valence-electron chi connectivity index (χ2n) is 8.66. The van der Waals surface area contributed by atoms with Crippen LogP contribution < -0.4 is 4.74 Å². The molecule has 37 heavy (non-hydrogen) atoms. The van der Waals surface area contributed by atoms with E-state index in [4.69, 9.17) is 16.3 Å². The van der Waals surface area contributed by atoms with Crippen molar-refractivity contribution in [1.82, 2.24) is 4.90 Å². The maximum absolute atomic E-state index is 12.9. The lowest BCUT2D eigenvalue weighted by Gasteiger charge is -2.13. The highest BCUT2D eigenvalue weighted by molar-refractivity contribution is 9.10. The number of halogens is 2. The first-order chi connectivity index (χ1) is 18.0. The zero-order chi connectivity index (χ0) is 25.8. The summed E-state index contributed by atoms with van der Waals surface area (Å²) in [6.45, 7) is 0.753. The molecule has 7 heteroatoms. The fourth-order valence-corrected chi connectivity index (χ4v) is 6.15. The number of imide groups is 1. The molecule has 2 amide bonds. The number of carbonyl (C=O) groups is 2. The summed E-state index contributed by atoms with van der Waals surface area (Å²) in [4.78, 5) is 27.1. The summed E-state index contributed by atoms with van der Waals surface area (Å²) in [7, 11) is 0. The molecule has 1 aliphatic heterocycles. The van der Waals surface area contributed by atoms with Gasteiger partial charge in [0.15, 0.2) is 5.75 Å². The van der Waals surface area contributed by atoms with Gasteiger partial charge >= 0.3 is 0 Å². The molecule has 0 N–H and O–H groups in total. The standard InChI is InChI=1S/C30H23BrClNO3S/c31-25-16-21(17-26(32)28(25)36-19-23-13-6-12-22-11-4-5-14-24(22)23)18-27-29(34)33(30(35)37-27)15-7-10-20-8-2-1-3-9-20/h1-6,8-9,11-14,16-18H,7,10,15,19H2/b27-18+. The summed E-state index contributed by atoms with van der Waals surface area (Å²) in [5.41, 5.74) is 2.96. The normalized spacial score (nSPS) is 14.6. The fourth-order valence-electron chi connectivity index (χ4n) is 4.30. The molecule has 186 valence electrons. The Morgan fingerprint density at radius 1 is 0.946 bits per heavy atom. The van der Waals surface area contributed by atoms with Gasteiger partial charge in [-0.3, -0.25) is 14.5 Å². The lowest BCUT2D eigenvalue weighted by Crippen LogP contribution is -2.29. The van der Waals surface area contributed by atoms with Crippen LogP contribution in [0.3, 0.4) is 0 Å². The van der Waals surface area contributed by atoms with E-state index in [0.717, 1.165) is 40.9 Å². The molecule has 0 aliphatic carbocycles. The summed E-state index contributed by atoms with van der Waals surface area (Å²) in [5, 5.41) is 2.46. The van der Waals surface area contributed by atoms with Crippen molar-refractivity contribution in [2.75, 3.05) is 6.54 Å². The zero-order valence-corrected chi connectivity index (χ0v) is 23.0. The van der Waals surface area contributed by atoms with Crippen molar-refractivity contribution in [1.29, 1.82) is 0 Å². The minimum Gasteiger partial charge on any atom is -0.486 e. The van der Waals surface area contributed by atoms with Gasteiger partial charge in [0.05, 0.1) is 14.4 Å². The Labute approximate surface area is 233 Å². The van der Waals surface area contributed by atoms with E-state index < -0.39 is 0 Å². The van der Waals surface area contributed by atoms with Gasteiger partial charge in [-0.15, -0.1) is 0 Å². The fraction of sp³-hybridized carbons (Fsp3) is 0.133. The predicted octanol–water partition coefficient (Wildman–Crippen LogP) is 8.50. The summed E-state index contributed by atoms with van der Waals surface area (Å²) < 4.78 is 6.76. The predicted molar refractivity (Wildman–Crippen MR) is 155 cm³/mol. The maximum atomic E-state index is 12.9. The summed E-state index contributed by atoms with van der Waals surface area (Å²) in [6, 6.07) is 27.9. The van der Waals surface area contributed by atoms with Crippen molar-refractivity contribution < 1.29 is 14.3 Å². The third-order valence-electron chi connectivity index (χ3n) is 6.13. The summed E-state index contributed by atoms with van der Waals surface area (Å²) >= 11 is 11.1. The van der Waals surface area contributed by atoms with Gasteiger partial charge in [-0.2, -0.15) is 0 Å². The van der Waals surface area contributed by atoms with E-state index in [1.54, 1.807) is 12.1 Å². The third-order valence-corrected chi connectivity index (χ3v) is 7.91. The van der Waals surface area contributed by atoms with Crippen LogP contribution in [0.2, 0.25) is 5.02 Å². The van der Waals surface area contributed by atoms with Gasteiger partial charge in [0, 0.05) is 6.54 Å². The number of nitrogens with zero attached hydrogens (tertiary/aromatic N) is 1. The number of fused-ring (bicyclic) bond motifs is 1. The molecule has 0 radical (unpaired) electrons. The molecule has 0 atom stereocenters. The van der Waals surface area contributed by atoms with Gasteiger partial charge < -0.3 is 4.74 Å². The average molecular weight is 593 g/mol. The highest BCUT2D eigenvalue weighted by atomic mass is 79.9. The molecule has 4 aromatic rings. The molecule has 0 saturated carbocycles. The number of hydrogen-bond acceptors (Lipinski definition) is 4. The van der Waals surface area contributed by atoms with E-state index >= 15 is 0 Å². The van der Waals surface area contributed by atoms with Crippen LogP contribution in [0.1, 0.15) is 23.1 Å². The Morgan fingerprint density at radius 2 is 1.70 bits per heavy atom. The van der Waals surface area contributed by atoms with E-state index in [9.17, 15) is 9.59 Å². The van der Waals surface area contributed by atoms with Crippen LogP contribution >= 0.6 is 39.3 Å². The zero-order valence-electron chi connectivity index (χ0n) is 19.8. The molecule has 0 aromatic heterocycles. The highest BCUT2D eigenvalue weighted by Gasteiger charge is 2.34. The van der Waals surface area contributed by atoms with Gasteiger partial charge in [0.2, 0.25) is 0 Å². The number of aryl methyl sites for hydroxylation is 1. The van der Waals surface area contributed by atoms with Crippen molar-refractivity contribution in [3.8, 4) is 5.75 Å². The lowest BCUT2D eigenvalue weighted by atomic mass is 10.1. The molecule has 0 spiro atoms. The molecule has 4 nitrogen and oxygen atoms in total. The second kappa shape index (κ2) is 11.5. The van der Waals surface area contributed by atoms with Crippen LogP contribution in [0.15, 0.2) is 94.3 Å². The Bertz CT molecular complexity index is 1480. The van der Waals surface area contributed by atoms with Crippen molar-refractivity contribution in [3.05, 3.63) is 116 Å². The van der Waals surface area contributed by atoms with Crippen LogP contribution in [0, 0.1) is 0 Å². The first-order valence-electron chi connectivity index (χ1n) is 11.9. The van der Waals surface area contributed by atoms with Crippen LogP contribution in [0.25, 0.3) is 16.8 Å². The van der Waals surface area contributed by atoms with Crippen molar-refractivity contribution in [2.45, 2.75) is 19.4 Å². The number of rotatable bonds is 8. The highest BCUT2D eigenvalue weighted by Crippen LogP contribution is 2.38. The van der Waals surface area contributed by atoms with Crippen LogP contribution in [-0.2, 0) is 17.8 Å². The Kier molecular flexibility index (Phi) is 7.99. The number of amides is 2. The van der Waals surface area contributed by atoms with E-state index in [0.29, 0.717) is 38.9 Å². The van der Waals surface area contributed by atoms with Crippen molar-refractivity contribution >= 4 is 67.3 Å². The number of hydrogen-bond donors (Lipinski definition) is 0. The molecular weight excluding hydrogens is 570 g/mol. The number of ether oxygens (including phenoxy) is 1. The molecule has 1 saturated heterocycles. The molecular formula is C30H23BrClNO3S. The number of benzene rings is 4. The molecule has 1 fully saturated rings. The third kappa shape index (κ3) is 5.93. The lowest BCUT2D eigenvalue weighted by molar-refractivity contribution is -0.122. The number of carbonyl (C=O) groups excluding carboxylic acids is 2. The van der Waals surface area contributed by atoms with Gasteiger partial charge in [0.1, 0.15) is 6.61 Å². The van der Waals surface area contributed by atoms with Crippen molar-refractivity contribution in [3.63, 3.8) is 0 Å². The minimum absolute atomic E-state index is 0.246. The van der Waals surface area contributed by atoms with Crippen LogP contribution in [0.5, 0.6) is 5.75 Å². The quantitative estimate of drug-likeness (QED) is 0.193. The first kappa shape index (κ1) is 25.6. The van der Waals surface area contributed by atoms with Crippen molar-refractivity contribution in [2.24, 2.45) is 0 Å². The molecule has 4 aromatic carbocycles. The van der Waals surface area contributed by atoms with Gasteiger partial charge in [-0.25, -0.2) is 0 Å². The Hall–Kier alpha value is -3.06. The maximum Gasteiger partial charge on any atom is 0.293 e. The van der Waals surface area contributed by atoms with E-state index in [2.05, 4.69) is 34.1 Å². The molecule has 1 aliphatic rings. The summed E-state index contributed by atoms with van der Waals surface area (Å²) in [5.74, 6) is 0.257. The topological polar surface area (TPSA) is 46.6 Å². The van der Waals surface area contributed by atoms with E-state index in [-0.39, 0.29) is 11.1 Å². The van der Waals surface area contributed by atoms with Gasteiger partial charge in [-0.1, -0.05) is 84.4 Å². The Morgan fingerprint density at radius 3 is 2.51 bits per heavy atom. The van der Waals surface area contributed by atoms with Gasteiger partial charge in [-0.05, 0) is 86.2 Å². The molecule has 1 heterocycles. The minimum atomic E-state index is -0.272. The Balaban J connectivity index is 1.26. The average Bonchev–Trinajstić information content (AvgIpc) is 3.16. The number of thioether (sulfide) groups is 1. The second-order valence-corrected chi connectivity index (χ2v) is 10.9. The van der Waals surface area contributed by atoms with Gasteiger partial charge in [0.25, 0.3) is 11.1 Å². The first-order valence-corrected chi connectivity index (χ1v) is 13.9. The monoisotopic (exact) mass is 591 g/mol.